The Morgan fingerprint density at radius 2 is 1.81 bits per heavy atom. The van der Waals surface area contributed by atoms with Crippen LogP contribution in [0.15, 0.2) is 18.2 Å². The standard InChI is InChI=1S/C10H10F5N/c1-16(6-10(13,14)15)5-7-4-8(11)2-3-9(7)12/h2-4H,5-6H2,1H3. The monoisotopic (exact) mass is 239 g/mol. The molecule has 0 N–H and O–H groups in total. The minimum atomic E-state index is -4.35. The van der Waals surface area contributed by atoms with Crippen LogP contribution in [0, 0.1) is 11.6 Å². The third-order valence-electron chi connectivity index (χ3n) is 1.90. The fraction of sp³-hybridized carbons (Fsp3) is 0.400. The molecule has 1 aromatic rings. The fourth-order valence-corrected chi connectivity index (χ4v) is 1.32. The SMILES string of the molecule is CN(Cc1cc(F)ccc1F)CC(F)(F)F. The molecule has 0 aliphatic rings. The third-order valence-corrected chi connectivity index (χ3v) is 1.90. The molecule has 1 nitrogen and oxygen atoms in total. The average Bonchev–Trinajstić information content (AvgIpc) is 2.08. The minimum absolute atomic E-state index is 0.0910. The Morgan fingerprint density at radius 3 is 2.38 bits per heavy atom. The molecule has 6 heteroatoms. The van der Waals surface area contributed by atoms with Crippen LogP contribution in [-0.4, -0.2) is 24.7 Å². The van der Waals surface area contributed by atoms with Crippen LogP contribution in [0.25, 0.3) is 0 Å². The number of hydrogen-bond acceptors (Lipinski definition) is 1. The molecular formula is C10H10F5N. The Hall–Kier alpha value is -1.17. The van der Waals surface area contributed by atoms with Crippen molar-refractivity contribution < 1.29 is 22.0 Å². The van der Waals surface area contributed by atoms with Crippen LogP contribution in [0.5, 0.6) is 0 Å². The molecule has 0 aliphatic carbocycles. The molecule has 0 spiro atoms. The molecule has 0 radical (unpaired) electrons. The van der Waals surface area contributed by atoms with Crippen LogP contribution < -0.4 is 0 Å². The van der Waals surface area contributed by atoms with Gasteiger partial charge in [-0.15, -0.1) is 0 Å². The molecule has 0 amide bonds. The Bertz CT molecular complexity index is 361. The maximum absolute atomic E-state index is 13.1. The van der Waals surface area contributed by atoms with Gasteiger partial charge in [0.15, 0.2) is 0 Å². The number of alkyl halides is 3. The van der Waals surface area contributed by atoms with E-state index in [-0.39, 0.29) is 12.1 Å². The van der Waals surface area contributed by atoms with Gasteiger partial charge in [-0.3, -0.25) is 4.90 Å². The first-order chi connectivity index (χ1) is 7.28. The Morgan fingerprint density at radius 1 is 1.19 bits per heavy atom. The molecule has 0 aliphatic heterocycles. The molecule has 0 bridgehead atoms. The van der Waals surface area contributed by atoms with E-state index in [0.29, 0.717) is 0 Å². The highest BCUT2D eigenvalue weighted by Crippen LogP contribution is 2.18. The maximum Gasteiger partial charge on any atom is 0.401 e. The van der Waals surface area contributed by atoms with Gasteiger partial charge in [0, 0.05) is 12.1 Å². The highest BCUT2D eigenvalue weighted by atomic mass is 19.4. The van der Waals surface area contributed by atoms with Gasteiger partial charge >= 0.3 is 6.18 Å². The van der Waals surface area contributed by atoms with E-state index in [9.17, 15) is 22.0 Å². The smallest absolute Gasteiger partial charge is 0.294 e. The lowest BCUT2D eigenvalue weighted by molar-refractivity contribution is -0.144. The second-order valence-electron chi connectivity index (χ2n) is 3.52. The highest BCUT2D eigenvalue weighted by Gasteiger charge is 2.29. The van der Waals surface area contributed by atoms with Crippen LogP contribution in [0.1, 0.15) is 5.56 Å². The minimum Gasteiger partial charge on any atom is -0.294 e. The van der Waals surface area contributed by atoms with Crippen LogP contribution in [0.4, 0.5) is 22.0 Å². The average molecular weight is 239 g/mol. The van der Waals surface area contributed by atoms with E-state index in [0.717, 1.165) is 23.1 Å². The van der Waals surface area contributed by atoms with E-state index < -0.39 is 24.4 Å². The Labute approximate surface area is 89.5 Å². The molecule has 0 fully saturated rings. The van der Waals surface area contributed by atoms with Gasteiger partial charge < -0.3 is 0 Å². The largest absolute Gasteiger partial charge is 0.401 e. The van der Waals surface area contributed by atoms with Gasteiger partial charge in [-0.05, 0) is 25.2 Å². The molecular weight excluding hydrogens is 229 g/mol. The molecule has 0 atom stereocenters. The van der Waals surface area contributed by atoms with Crippen LogP contribution in [0.3, 0.4) is 0 Å². The number of benzene rings is 1. The number of rotatable bonds is 3. The summed E-state index contributed by atoms with van der Waals surface area (Å²) in [6, 6.07) is 2.71. The predicted octanol–water partition coefficient (Wildman–Crippen LogP) is 2.96. The van der Waals surface area contributed by atoms with Crippen LogP contribution in [-0.2, 0) is 6.54 Å². The van der Waals surface area contributed by atoms with Crippen LogP contribution >= 0.6 is 0 Å². The molecule has 90 valence electrons. The summed E-state index contributed by atoms with van der Waals surface area (Å²) in [5.74, 6) is -1.38. The van der Waals surface area contributed by atoms with Crippen molar-refractivity contribution in [2.24, 2.45) is 0 Å². The topological polar surface area (TPSA) is 3.24 Å². The lowest BCUT2D eigenvalue weighted by atomic mass is 10.2. The zero-order valence-electron chi connectivity index (χ0n) is 8.48. The van der Waals surface area contributed by atoms with Gasteiger partial charge in [0.1, 0.15) is 11.6 Å². The van der Waals surface area contributed by atoms with Gasteiger partial charge in [-0.1, -0.05) is 0 Å². The van der Waals surface area contributed by atoms with Crippen molar-refractivity contribution in [1.82, 2.24) is 4.90 Å². The molecule has 16 heavy (non-hydrogen) atoms. The number of halogens is 5. The fourth-order valence-electron chi connectivity index (χ4n) is 1.32. The van der Waals surface area contributed by atoms with Gasteiger partial charge in [0.25, 0.3) is 0 Å². The van der Waals surface area contributed by atoms with Gasteiger partial charge in [0.05, 0.1) is 6.54 Å². The first-order valence-electron chi connectivity index (χ1n) is 4.47. The summed E-state index contributed by atoms with van der Waals surface area (Å²) in [5, 5.41) is 0. The van der Waals surface area contributed by atoms with Crippen molar-refractivity contribution in [3.8, 4) is 0 Å². The van der Waals surface area contributed by atoms with E-state index in [1.165, 1.54) is 7.05 Å². The van der Waals surface area contributed by atoms with Crippen molar-refractivity contribution in [1.29, 1.82) is 0 Å². The van der Waals surface area contributed by atoms with Crippen molar-refractivity contribution >= 4 is 0 Å². The lowest BCUT2D eigenvalue weighted by Crippen LogP contribution is -2.30. The summed E-state index contributed by atoms with van der Waals surface area (Å²) in [7, 11) is 1.19. The molecule has 0 unspecified atom stereocenters. The first-order valence-corrected chi connectivity index (χ1v) is 4.47. The van der Waals surface area contributed by atoms with E-state index in [4.69, 9.17) is 0 Å². The summed E-state index contributed by atoms with van der Waals surface area (Å²) in [6.45, 7) is -1.45. The molecule has 0 saturated heterocycles. The molecule has 1 aromatic carbocycles. The second-order valence-corrected chi connectivity index (χ2v) is 3.52. The zero-order valence-corrected chi connectivity index (χ0v) is 8.48. The quantitative estimate of drug-likeness (QED) is 0.733. The molecule has 0 aromatic heterocycles. The van der Waals surface area contributed by atoms with E-state index in [2.05, 4.69) is 0 Å². The first kappa shape index (κ1) is 12.9. The lowest BCUT2D eigenvalue weighted by Gasteiger charge is -2.18. The van der Waals surface area contributed by atoms with Crippen molar-refractivity contribution in [2.45, 2.75) is 12.7 Å². The summed E-state index contributed by atoms with van der Waals surface area (Å²) in [6.07, 6.45) is -4.35. The van der Waals surface area contributed by atoms with Crippen molar-refractivity contribution in [3.05, 3.63) is 35.4 Å². The van der Waals surface area contributed by atoms with E-state index in [1.54, 1.807) is 0 Å². The molecule has 1 rings (SSSR count). The summed E-state index contributed by atoms with van der Waals surface area (Å²) < 4.78 is 61.8. The van der Waals surface area contributed by atoms with Gasteiger partial charge in [0.2, 0.25) is 0 Å². The van der Waals surface area contributed by atoms with E-state index >= 15 is 0 Å². The summed E-state index contributed by atoms with van der Waals surface area (Å²) in [4.78, 5) is 0.873. The predicted molar refractivity (Wildman–Crippen MR) is 48.7 cm³/mol. The summed E-state index contributed by atoms with van der Waals surface area (Å²) >= 11 is 0. The number of nitrogens with zero attached hydrogens (tertiary/aromatic N) is 1. The van der Waals surface area contributed by atoms with Crippen molar-refractivity contribution in [2.75, 3.05) is 13.6 Å². The Kier molecular flexibility index (Phi) is 3.85. The van der Waals surface area contributed by atoms with Crippen LogP contribution in [0.2, 0.25) is 0 Å². The molecule has 0 saturated carbocycles. The maximum atomic E-state index is 13.1. The van der Waals surface area contributed by atoms with Gasteiger partial charge in [-0.25, -0.2) is 8.78 Å². The van der Waals surface area contributed by atoms with E-state index in [1.807, 2.05) is 0 Å². The van der Waals surface area contributed by atoms with Crippen molar-refractivity contribution in [3.63, 3.8) is 0 Å². The molecule has 0 heterocycles. The normalized spacial score (nSPS) is 12.2. The van der Waals surface area contributed by atoms with Gasteiger partial charge in [-0.2, -0.15) is 13.2 Å². The Balaban J connectivity index is 2.69. The second kappa shape index (κ2) is 4.78. The number of hydrogen-bond donors (Lipinski definition) is 0. The summed E-state index contributed by atoms with van der Waals surface area (Å²) in [5.41, 5.74) is -0.0910. The highest BCUT2D eigenvalue weighted by molar-refractivity contribution is 5.18. The third kappa shape index (κ3) is 4.14. The zero-order chi connectivity index (χ0) is 12.3.